The molecule has 0 radical (unpaired) electrons. The number of halogens is 1. The first-order valence-corrected chi connectivity index (χ1v) is 6.87. The molecule has 2 rings (SSSR count). The molecule has 0 bridgehead atoms. The maximum Gasteiger partial charge on any atom is 0.123 e. The molecule has 2 N–H and O–H groups in total. The third-order valence-corrected chi connectivity index (χ3v) is 3.15. The fraction of sp³-hybridized carbons (Fsp3) is 0.250. The number of ether oxygens (including phenoxy) is 2. The van der Waals surface area contributed by atoms with Gasteiger partial charge in [0.15, 0.2) is 0 Å². The summed E-state index contributed by atoms with van der Waals surface area (Å²) in [6.45, 7) is 3.48. The van der Waals surface area contributed by atoms with Crippen molar-refractivity contribution in [2.45, 2.75) is 13.5 Å². The third kappa shape index (κ3) is 4.15. The molecule has 2 aromatic carbocycles. The Morgan fingerprint density at radius 1 is 1.00 bits per heavy atom. The first kappa shape index (κ1) is 14.7. The Morgan fingerprint density at radius 3 is 2.40 bits per heavy atom. The second-order valence-electron chi connectivity index (χ2n) is 4.45. The molecule has 4 heteroatoms. The first-order chi connectivity index (χ1) is 9.69. The zero-order chi connectivity index (χ0) is 14.4. The van der Waals surface area contributed by atoms with Gasteiger partial charge in [0.05, 0.1) is 0 Å². The molecule has 0 saturated heterocycles. The summed E-state index contributed by atoms with van der Waals surface area (Å²) in [6.07, 6.45) is 0. The number of hydrogen-bond acceptors (Lipinski definition) is 3. The van der Waals surface area contributed by atoms with E-state index in [1.54, 1.807) is 0 Å². The average Bonchev–Trinajstić information content (AvgIpc) is 2.47. The van der Waals surface area contributed by atoms with Crippen LogP contribution in [0.1, 0.15) is 11.1 Å². The molecule has 0 aromatic heterocycles. The van der Waals surface area contributed by atoms with E-state index in [1.165, 1.54) is 0 Å². The Labute approximate surface area is 124 Å². The number of nitrogens with two attached hydrogens (primary N) is 1. The van der Waals surface area contributed by atoms with Crippen LogP contribution in [0.4, 0.5) is 0 Å². The molecule has 0 aliphatic rings. The van der Waals surface area contributed by atoms with Gasteiger partial charge in [0.1, 0.15) is 24.7 Å². The maximum atomic E-state index is 5.93. The third-order valence-electron chi connectivity index (χ3n) is 2.92. The van der Waals surface area contributed by atoms with Crippen LogP contribution in [0.3, 0.4) is 0 Å². The van der Waals surface area contributed by atoms with E-state index in [1.807, 2.05) is 49.4 Å². The largest absolute Gasteiger partial charge is 0.490 e. The highest BCUT2D eigenvalue weighted by molar-refractivity contribution is 6.30. The Morgan fingerprint density at radius 2 is 1.70 bits per heavy atom. The van der Waals surface area contributed by atoms with Crippen LogP contribution in [0, 0.1) is 6.92 Å². The summed E-state index contributed by atoms with van der Waals surface area (Å²) in [5.74, 6) is 1.60. The summed E-state index contributed by atoms with van der Waals surface area (Å²) >= 11 is 5.93. The van der Waals surface area contributed by atoms with Crippen molar-refractivity contribution in [1.29, 1.82) is 0 Å². The quantitative estimate of drug-likeness (QED) is 0.828. The monoisotopic (exact) mass is 291 g/mol. The van der Waals surface area contributed by atoms with Crippen LogP contribution in [0.5, 0.6) is 11.5 Å². The van der Waals surface area contributed by atoms with E-state index >= 15 is 0 Å². The molecule has 0 aliphatic heterocycles. The van der Waals surface area contributed by atoms with Gasteiger partial charge in [-0.3, -0.25) is 0 Å². The highest BCUT2D eigenvalue weighted by Gasteiger charge is 2.01. The van der Waals surface area contributed by atoms with Gasteiger partial charge in [-0.1, -0.05) is 29.8 Å². The Balaban J connectivity index is 1.79. The molecule has 2 aromatic rings. The molecule has 0 spiro atoms. The van der Waals surface area contributed by atoms with Crippen molar-refractivity contribution in [1.82, 2.24) is 0 Å². The fourth-order valence-electron chi connectivity index (χ4n) is 1.76. The molecule has 0 saturated carbocycles. The lowest BCUT2D eigenvalue weighted by Crippen LogP contribution is -2.09. The second kappa shape index (κ2) is 7.17. The van der Waals surface area contributed by atoms with Crippen molar-refractivity contribution < 1.29 is 9.47 Å². The smallest absolute Gasteiger partial charge is 0.123 e. The summed E-state index contributed by atoms with van der Waals surface area (Å²) in [7, 11) is 0. The number of rotatable bonds is 6. The van der Waals surface area contributed by atoms with E-state index in [9.17, 15) is 0 Å². The molecular formula is C16H18ClNO2. The normalized spacial score (nSPS) is 10.3. The zero-order valence-electron chi connectivity index (χ0n) is 11.4. The number of aryl methyl sites for hydroxylation is 1. The standard InChI is InChI=1S/C16H18ClNO2/c1-12-2-5-14(17)10-16(12)20-9-8-19-15-6-3-13(11-18)4-7-15/h2-7,10H,8-9,11,18H2,1H3. The van der Waals surface area contributed by atoms with Crippen molar-refractivity contribution in [2.24, 2.45) is 5.73 Å². The Kier molecular flexibility index (Phi) is 5.27. The van der Waals surface area contributed by atoms with E-state index in [0.717, 1.165) is 22.6 Å². The highest BCUT2D eigenvalue weighted by atomic mass is 35.5. The summed E-state index contributed by atoms with van der Waals surface area (Å²) in [5.41, 5.74) is 7.68. The number of hydrogen-bond donors (Lipinski definition) is 1. The summed E-state index contributed by atoms with van der Waals surface area (Å²) in [5, 5.41) is 0.670. The molecule has 0 atom stereocenters. The summed E-state index contributed by atoms with van der Waals surface area (Å²) in [6, 6.07) is 13.3. The van der Waals surface area contributed by atoms with Crippen LogP contribution >= 0.6 is 11.6 Å². The van der Waals surface area contributed by atoms with Gasteiger partial charge in [-0.15, -0.1) is 0 Å². The fourth-order valence-corrected chi connectivity index (χ4v) is 1.92. The van der Waals surface area contributed by atoms with E-state index in [0.29, 0.717) is 24.8 Å². The molecule has 0 amide bonds. The SMILES string of the molecule is Cc1ccc(Cl)cc1OCCOc1ccc(CN)cc1. The predicted molar refractivity (Wildman–Crippen MR) is 81.5 cm³/mol. The van der Waals surface area contributed by atoms with Crippen LogP contribution in [-0.4, -0.2) is 13.2 Å². The molecular weight excluding hydrogens is 274 g/mol. The Hall–Kier alpha value is -1.71. The van der Waals surface area contributed by atoms with Gasteiger partial charge in [0.25, 0.3) is 0 Å². The molecule has 3 nitrogen and oxygen atoms in total. The minimum Gasteiger partial charge on any atom is -0.490 e. The molecule has 0 fully saturated rings. The van der Waals surface area contributed by atoms with Crippen molar-refractivity contribution in [3.8, 4) is 11.5 Å². The van der Waals surface area contributed by atoms with Crippen molar-refractivity contribution >= 4 is 11.6 Å². The number of benzene rings is 2. The van der Waals surface area contributed by atoms with Gasteiger partial charge in [-0.05, 0) is 42.3 Å². The van der Waals surface area contributed by atoms with E-state index in [2.05, 4.69) is 0 Å². The lowest BCUT2D eigenvalue weighted by atomic mass is 10.2. The highest BCUT2D eigenvalue weighted by Crippen LogP contribution is 2.22. The minimum atomic E-state index is 0.472. The second-order valence-corrected chi connectivity index (χ2v) is 4.89. The van der Waals surface area contributed by atoms with Crippen LogP contribution in [0.25, 0.3) is 0 Å². The lowest BCUT2D eigenvalue weighted by molar-refractivity contribution is 0.216. The molecule has 0 heterocycles. The van der Waals surface area contributed by atoms with Gasteiger partial charge < -0.3 is 15.2 Å². The predicted octanol–water partition coefficient (Wildman–Crippen LogP) is 3.56. The van der Waals surface area contributed by atoms with Crippen molar-refractivity contribution in [3.63, 3.8) is 0 Å². The van der Waals surface area contributed by atoms with Crippen LogP contribution < -0.4 is 15.2 Å². The van der Waals surface area contributed by atoms with Crippen LogP contribution in [0.2, 0.25) is 5.02 Å². The maximum absolute atomic E-state index is 5.93. The van der Waals surface area contributed by atoms with Crippen LogP contribution in [0.15, 0.2) is 42.5 Å². The van der Waals surface area contributed by atoms with Gasteiger partial charge in [-0.25, -0.2) is 0 Å². The summed E-state index contributed by atoms with van der Waals surface area (Å²) in [4.78, 5) is 0. The molecule has 106 valence electrons. The average molecular weight is 292 g/mol. The topological polar surface area (TPSA) is 44.5 Å². The molecule has 20 heavy (non-hydrogen) atoms. The van der Waals surface area contributed by atoms with Gasteiger partial charge in [-0.2, -0.15) is 0 Å². The van der Waals surface area contributed by atoms with E-state index in [-0.39, 0.29) is 0 Å². The summed E-state index contributed by atoms with van der Waals surface area (Å²) < 4.78 is 11.3. The van der Waals surface area contributed by atoms with Crippen LogP contribution in [-0.2, 0) is 6.54 Å². The van der Waals surface area contributed by atoms with E-state index in [4.69, 9.17) is 26.8 Å². The van der Waals surface area contributed by atoms with Gasteiger partial charge >= 0.3 is 0 Å². The van der Waals surface area contributed by atoms with Gasteiger partial charge in [0.2, 0.25) is 0 Å². The molecule has 0 aliphatic carbocycles. The minimum absolute atomic E-state index is 0.472. The van der Waals surface area contributed by atoms with Crippen molar-refractivity contribution in [3.05, 3.63) is 58.6 Å². The van der Waals surface area contributed by atoms with Crippen molar-refractivity contribution in [2.75, 3.05) is 13.2 Å². The van der Waals surface area contributed by atoms with E-state index < -0.39 is 0 Å². The Bertz CT molecular complexity index is 555. The lowest BCUT2D eigenvalue weighted by Gasteiger charge is -2.11. The molecule has 0 unspecified atom stereocenters. The van der Waals surface area contributed by atoms with Gasteiger partial charge in [0, 0.05) is 11.6 Å². The first-order valence-electron chi connectivity index (χ1n) is 6.50. The zero-order valence-corrected chi connectivity index (χ0v) is 12.2.